The molecule has 0 bridgehead atoms. The molecule has 2 heterocycles. The fraction of sp³-hybridized carbons (Fsp3) is 0.500. The number of aromatic hydroxyl groups is 1. The molecule has 20 heavy (non-hydrogen) atoms. The van der Waals surface area contributed by atoms with E-state index in [0.717, 1.165) is 0 Å². The predicted molar refractivity (Wildman–Crippen MR) is 71.4 cm³/mol. The monoisotopic (exact) mass is 278 g/mol. The van der Waals surface area contributed by atoms with Crippen LogP contribution in [0.1, 0.15) is 43.0 Å². The summed E-state index contributed by atoms with van der Waals surface area (Å²) in [7, 11) is 0. The number of carboxylic acid groups (broad SMARTS) is 1. The number of amides is 1. The van der Waals surface area contributed by atoms with E-state index in [1.165, 1.54) is 23.4 Å². The lowest BCUT2D eigenvalue weighted by atomic mass is 9.90. The number of rotatable bonds is 4. The molecule has 1 amide bonds. The van der Waals surface area contributed by atoms with Crippen molar-refractivity contribution < 1.29 is 19.8 Å². The molecule has 1 aliphatic rings. The zero-order chi connectivity index (χ0) is 14.8. The smallest absolute Gasteiger partial charge is 0.329 e. The van der Waals surface area contributed by atoms with Gasteiger partial charge in [-0.1, -0.05) is 13.3 Å². The largest absolute Gasteiger partial charge is 0.505 e. The number of nitrogens with zero attached hydrogens (tertiary/aromatic N) is 2. The van der Waals surface area contributed by atoms with Gasteiger partial charge in [0.25, 0.3) is 5.91 Å². The van der Waals surface area contributed by atoms with E-state index in [1.54, 1.807) is 0 Å². The number of pyridine rings is 1. The van der Waals surface area contributed by atoms with Crippen molar-refractivity contribution in [3.05, 3.63) is 24.0 Å². The second-order valence-corrected chi connectivity index (χ2v) is 5.04. The molecule has 0 aromatic carbocycles. The van der Waals surface area contributed by atoms with Gasteiger partial charge in [-0.05, 0) is 25.3 Å². The van der Waals surface area contributed by atoms with Crippen LogP contribution in [0.25, 0.3) is 0 Å². The van der Waals surface area contributed by atoms with Crippen LogP contribution in [0.3, 0.4) is 0 Å². The Morgan fingerprint density at radius 1 is 1.50 bits per heavy atom. The summed E-state index contributed by atoms with van der Waals surface area (Å²) in [5.41, 5.74) is -1.05. The van der Waals surface area contributed by atoms with Crippen LogP contribution in [0.15, 0.2) is 18.5 Å². The van der Waals surface area contributed by atoms with Crippen molar-refractivity contribution in [3.63, 3.8) is 0 Å². The second-order valence-electron chi connectivity index (χ2n) is 5.04. The number of carbonyl (C=O) groups excluding carboxylic acids is 1. The van der Waals surface area contributed by atoms with Gasteiger partial charge in [0.2, 0.25) is 0 Å². The predicted octanol–water partition coefficient (Wildman–Crippen LogP) is 1.65. The van der Waals surface area contributed by atoms with Crippen molar-refractivity contribution in [2.75, 3.05) is 6.54 Å². The molecule has 1 atom stereocenters. The maximum atomic E-state index is 12.5. The summed E-state index contributed by atoms with van der Waals surface area (Å²) in [5, 5.41) is 19.3. The quantitative estimate of drug-likeness (QED) is 0.873. The number of carbonyl (C=O) groups is 2. The Morgan fingerprint density at radius 2 is 2.25 bits per heavy atom. The molecule has 0 radical (unpaired) electrons. The molecule has 0 aliphatic carbocycles. The summed E-state index contributed by atoms with van der Waals surface area (Å²) < 4.78 is 0. The Hall–Kier alpha value is -2.11. The summed E-state index contributed by atoms with van der Waals surface area (Å²) in [5.74, 6) is -1.64. The van der Waals surface area contributed by atoms with Gasteiger partial charge < -0.3 is 15.1 Å². The molecule has 6 heteroatoms. The molecule has 6 nitrogen and oxygen atoms in total. The molecule has 1 unspecified atom stereocenters. The van der Waals surface area contributed by atoms with E-state index in [9.17, 15) is 19.8 Å². The number of hydrogen-bond acceptors (Lipinski definition) is 4. The van der Waals surface area contributed by atoms with E-state index in [2.05, 4.69) is 4.98 Å². The Morgan fingerprint density at radius 3 is 2.85 bits per heavy atom. The fourth-order valence-electron chi connectivity index (χ4n) is 2.89. The second kappa shape index (κ2) is 5.48. The molecule has 2 N–H and O–H groups in total. The van der Waals surface area contributed by atoms with Gasteiger partial charge >= 0.3 is 5.97 Å². The van der Waals surface area contributed by atoms with Crippen molar-refractivity contribution >= 4 is 11.9 Å². The summed E-state index contributed by atoms with van der Waals surface area (Å²) in [6.07, 6.45) is 4.80. The molecular weight excluding hydrogens is 260 g/mol. The van der Waals surface area contributed by atoms with Gasteiger partial charge in [-0.25, -0.2) is 4.79 Å². The minimum atomic E-state index is -1.15. The lowest BCUT2D eigenvalue weighted by Crippen LogP contribution is -2.53. The lowest BCUT2D eigenvalue weighted by molar-refractivity contribution is -0.148. The number of carboxylic acids is 1. The van der Waals surface area contributed by atoms with Crippen molar-refractivity contribution in [1.29, 1.82) is 0 Å². The first-order valence-electron chi connectivity index (χ1n) is 6.71. The molecule has 1 aliphatic heterocycles. The highest BCUT2D eigenvalue weighted by Gasteiger charge is 2.49. The highest BCUT2D eigenvalue weighted by atomic mass is 16.4. The average molecular weight is 278 g/mol. The number of aromatic nitrogens is 1. The molecule has 108 valence electrons. The van der Waals surface area contributed by atoms with Crippen LogP contribution >= 0.6 is 0 Å². The fourth-order valence-corrected chi connectivity index (χ4v) is 2.89. The van der Waals surface area contributed by atoms with Gasteiger partial charge in [0.15, 0.2) is 0 Å². The van der Waals surface area contributed by atoms with Crippen LogP contribution in [0.4, 0.5) is 0 Å². The third-order valence-electron chi connectivity index (χ3n) is 3.83. The standard InChI is InChI=1S/C14H18N2O4/c1-2-5-14(13(19)20)6-3-8-16(14)12(18)10-4-7-15-9-11(10)17/h4,7,9,17H,2-3,5-6,8H2,1H3,(H,19,20). The van der Waals surface area contributed by atoms with E-state index in [4.69, 9.17) is 0 Å². The topological polar surface area (TPSA) is 90.7 Å². The lowest BCUT2D eigenvalue weighted by Gasteiger charge is -2.34. The van der Waals surface area contributed by atoms with E-state index in [0.29, 0.717) is 32.2 Å². The van der Waals surface area contributed by atoms with Crippen molar-refractivity contribution in [2.45, 2.75) is 38.1 Å². The van der Waals surface area contributed by atoms with Gasteiger partial charge in [0, 0.05) is 12.7 Å². The Kier molecular flexibility index (Phi) is 3.92. The van der Waals surface area contributed by atoms with E-state index in [-0.39, 0.29) is 11.3 Å². The van der Waals surface area contributed by atoms with Gasteiger partial charge in [0.05, 0.1) is 11.8 Å². The first kappa shape index (κ1) is 14.3. The molecule has 1 aromatic heterocycles. The Bertz CT molecular complexity index is 532. The maximum Gasteiger partial charge on any atom is 0.329 e. The van der Waals surface area contributed by atoms with Crippen LogP contribution in [-0.2, 0) is 4.79 Å². The minimum Gasteiger partial charge on any atom is -0.505 e. The molecule has 2 rings (SSSR count). The summed E-state index contributed by atoms with van der Waals surface area (Å²) in [4.78, 5) is 29.3. The molecule has 0 spiro atoms. The molecule has 1 fully saturated rings. The van der Waals surface area contributed by atoms with E-state index >= 15 is 0 Å². The van der Waals surface area contributed by atoms with Gasteiger partial charge in [0.1, 0.15) is 11.3 Å². The summed E-state index contributed by atoms with van der Waals surface area (Å²) in [6, 6.07) is 1.41. The number of likely N-dealkylation sites (tertiary alicyclic amines) is 1. The molecule has 0 saturated carbocycles. The van der Waals surface area contributed by atoms with E-state index < -0.39 is 17.4 Å². The van der Waals surface area contributed by atoms with Crippen LogP contribution in [0, 0.1) is 0 Å². The SMILES string of the molecule is CCCC1(C(=O)O)CCCN1C(=O)c1ccncc1O. The number of aliphatic carboxylic acids is 1. The van der Waals surface area contributed by atoms with Crippen molar-refractivity contribution in [1.82, 2.24) is 9.88 Å². The van der Waals surface area contributed by atoms with E-state index in [1.807, 2.05) is 6.92 Å². The highest BCUT2D eigenvalue weighted by molar-refractivity contribution is 6.00. The maximum absolute atomic E-state index is 12.5. The molecule has 1 saturated heterocycles. The first-order chi connectivity index (χ1) is 9.53. The van der Waals surface area contributed by atoms with Crippen LogP contribution in [0.2, 0.25) is 0 Å². The summed E-state index contributed by atoms with van der Waals surface area (Å²) in [6.45, 7) is 2.29. The summed E-state index contributed by atoms with van der Waals surface area (Å²) >= 11 is 0. The minimum absolute atomic E-state index is 0.101. The van der Waals surface area contributed by atoms with Crippen molar-refractivity contribution in [3.8, 4) is 5.75 Å². The van der Waals surface area contributed by atoms with Gasteiger partial charge in [-0.2, -0.15) is 0 Å². The normalized spacial score (nSPS) is 21.9. The van der Waals surface area contributed by atoms with Crippen LogP contribution in [0.5, 0.6) is 5.75 Å². The molecular formula is C14H18N2O4. The van der Waals surface area contributed by atoms with Gasteiger partial charge in [-0.3, -0.25) is 9.78 Å². The zero-order valence-corrected chi connectivity index (χ0v) is 11.4. The van der Waals surface area contributed by atoms with Crippen LogP contribution < -0.4 is 0 Å². The zero-order valence-electron chi connectivity index (χ0n) is 11.4. The van der Waals surface area contributed by atoms with Crippen molar-refractivity contribution in [2.24, 2.45) is 0 Å². The highest BCUT2D eigenvalue weighted by Crippen LogP contribution is 2.36. The Balaban J connectivity index is 2.38. The third-order valence-corrected chi connectivity index (χ3v) is 3.83. The first-order valence-corrected chi connectivity index (χ1v) is 6.71. The average Bonchev–Trinajstić information content (AvgIpc) is 2.84. The molecule has 1 aromatic rings. The third kappa shape index (κ3) is 2.21. The number of hydrogen-bond donors (Lipinski definition) is 2. The van der Waals surface area contributed by atoms with Gasteiger partial charge in [-0.15, -0.1) is 0 Å². The Labute approximate surface area is 117 Å². The van der Waals surface area contributed by atoms with Crippen LogP contribution in [-0.4, -0.2) is 44.1 Å².